The first kappa shape index (κ1) is 17.1. The highest BCUT2D eigenvalue weighted by Gasteiger charge is 2.25. The summed E-state index contributed by atoms with van der Waals surface area (Å²) in [5, 5.41) is 2.35. The highest BCUT2D eigenvalue weighted by atomic mass is 16.7. The van der Waals surface area contributed by atoms with E-state index in [1.165, 1.54) is 0 Å². The summed E-state index contributed by atoms with van der Waals surface area (Å²) in [6, 6.07) is 12.5. The van der Waals surface area contributed by atoms with Gasteiger partial charge in [0.15, 0.2) is 0 Å². The molecule has 3 aromatic rings. The lowest BCUT2D eigenvalue weighted by molar-refractivity contribution is -0.185. The summed E-state index contributed by atoms with van der Waals surface area (Å²) < 4.78 is 0. The van der Waals surface area contributed by atoms with Crippen molar-refractivity contribution in [1.29, 1.82) is 0 Å². The first-order valence-corrected chi connectivity index (χ1v) is 8.72. The maximum absolute atomic E-state index is 12.4. The minimum absolute atomic E-state index is 0.302. The van der Waals surface area contributed by atoms with Crippen LogP contribution < -0.4 is 4.90 Å². The molecule has 0 radical (unpaired) electrons. The Balaban J connectivity index is 1.37. The number of hydrogen-bond acceptors (Lipinski definition) is 7. The van der Waals surface area contributed by atoms with Crippen LogP contribution in [-0.4, -0.2) is 53.0 Å². The SMILES string of the molecule is O=C(ON1CCN(c2ccncc2)CC1)C(=O)c1ccc2ncccc2c1. The van der Waals surface area contributed by atoms with Crippen LogP contribution in [0.25, 0.3) is 10.9 Å². The number of ketones is 1. The van der Waals surface area contributed by atoms with E-state index < -0.39 is 11.8 Å². The first-order chi connectivity index (χ1) is 13.2. The molecule has 7 nitrogen and oxygen atoms in total. The fourth-order valence-electron chi connectivity index (χ4n) is 3.09. The number of carbonyl (C=O) groups excluding carboxylic acids is 2. The van der Waals surface area contributed by atoms with Gasteiger partial charge in [0.1, 0.15) is 0 Å². The van der Waals surface area contributed by atoms with Crippen LogP contribution in [0.15, 0.2) is 61.1 Å². The minimum Gasteiger partial charge on any atom is -0.369 e. The molecule has 0 bridgehead atoms. The average Bonchev–Trinajstić information content (AvgIpc) is 2.74. The molecule has 1 saturated heterocycles. The number of hydroxylamine groups is 2. The maximum Gasteiger partial charge on any atom is 0.398 e. The van der Waals surface area contributed by atoms with Gasteiger partial charge in [-0.3, -0.25) is 14.8 Å². The van der Waals surface area contributed by atoms with Crippen molar-refractivity contribution in [2.24, 2.45) is 0 Å². The number of Topliss-reactive ketones (excluding diaryl/α,β-unsaturated/α-hetero) is 1. The number of fused-ring (bicyclic) bond motifs is 1. The third-order valence-electron chi connectivity index (χ3n) is 4.53. The van der Waals surface area contributed by atoms with Gasteiger partial charge in [-0.25, -0.2) is 4.79 Å². The molecule has 1 fully saturated rings. The van der Waals surface area contributed by atoms with Crippen molar-refractivity contribution in [2.45, 2.75) is 0 Å². The predicted octanol–water partition coefficient (Wildman–Crippen LogP) is 2.09. The number of aromatic nitrogens is 2. The highest BCUT2D eigenvalue weighted by Crippen LogP contribution is 2.16. The Bertz CT molecular complexity index is 969. The fraction of sp³-hybridized carbons (Fsp3) is 0.200. The molecule has 0 atom stereocenters. The van der Waals surface area contributed by atoms with E-state index in [0.29, 0.717) is 31.7 Å². The second-order valence-electron chi connectivity index (χ2n) is 6.24. The molecule has 1 aliphatic heterocycles. The number of pyridine rings is 2. The Morgan fingerprint density at radius 3 is 2.48 bits per heavy atom. The molecule has 1 aromatic carbocycles. The summed E-state index contributed by atoms with van der Waals surface area (Å²) in [6.07, 6.45) is 5.18. The number of benzene rings is 1. The van der Waals surface area contributed by atoms with E-state index in [9.17, 15) is 9.59 Å². The summed E-state index contributed by atoms with van der Waals surface area (Å²) >= 11 is 0. The van der Waals surface area contributed by atoms with Crippen LogP contribution in [0.3, 0.4) is 0 Å². The second kappa shape index (κ2) is 7.51. The molecule has 0 saturated carbocycles. The Kier molecular flexibility index (Phi) is 4.76. The average molecular weight is 362 g/mol. The number of carbonyl (C=O) groups is 2. The van der Waals surface area contributed by atoms with E-state index in [2.05, 4.69) is 14.9 Å². The molecule has 27 heavy (non-hydrogen) atoms. The van der Waals surface area contributed by atoms with Crippen LogP contribution in [-0.2, 0) is 9.63 Å². The molecule has 0 unspecified atom stereocenters. The van der Waals surface area contributed by atoms with Gasteiger partial charge in [-0.2, -0.15) is 0 Å². The van der Waals surface area contributed by atoms with Gasteiger partial charge in [0.2, 0.25) is 0 Å². The molecule has 3 heterocycles. The number of nitrogens with zero attached hydrogens (tertiary/aromatic N) is 4. The van der Waals surface area contributed by atoms with Gasteiger partial charge in [-0.15, -0.1) is 5.06 Å². The summed E-state index contributed by atoms with van der Waals surface area (Å²) in [4.78, 5) is 40.4. The lowest BCUT2D eigenvalue weighted by Crippen LogP contribution is -2.47. The number of hydrogen-bond donors (Lipinski definition) is 0. The minimum atomic E-state index is -0.865. The zero-order valence-electron chi connectivity index (χ0n) is 14.6. The van der Waals surface area contributed by atoms with Gasteiger partial charge >= 0.3 is 5.97 Å². The van der Waals surface area contributed by atoms with Gasteiger partial charge in [0.05, 0.1) is 18.6 Å². The van der Waals surface area contributed by atoms with E-state index in [0.717, 1.165) is 16.6 Å². The quantitative estimate of drug-likeness (QED) is 0.520. The zero-order valence-corrected chi connectivity index (χ0v) is 14.6. The van der Waals surface area contributed by atoms with Gasteiger partial charge in [0.25, 0.3) is 5.78 Å². The summed E-state index contributed by atoms with van der Waals surface area (Å²) in [5.41, 5.74) is 2.15. The Labute approximate surface area is 156 Å². The Hall–Kier alpha value is -3.32. The van der Waals surface area contributed by atoms with Crippen LogP contribution in [0.2, 0.25) is 0 Å². The van der Waals surface area contributed by atoms with Crippen molar-refractivity contribution >= 4 is 28.3 Å². The molecule has 7 heteroatoms. The maximum atomic E-state index is 12.4. The van der Waals surface area contributed by atoms with E-state index in [-0.39, 0.29) is 0 Å². The third kappa shape index (κ3) is 3.78. The summed E-state index contributed by atoms with van der Waals surface area (Å²) in [5.74, 6) is -1.52. The fourth-order valence-corrected chi connectivity index (χ4v) is 3.09. The van der Waals surface area contributed by atoms with Gasteiger partial charge in [0, 0.05) is 48.3 Å². The van der Waals surface area contributed by atoms with Crippen molar-refractivity contribution in [3.63, 3.8) is 0 Å². The number of rotatable bonds is 4. The molecular formula is C20H18N4O3. The van der Waals surface area contributed by atoms with Crippen molar-refractivity contribution in [3.05, 3.63) is 66.6 Å². The van der Waals surface area contributed by atoms with Gasteiger partial charge < -0.3 is 9.74 Å². The molecule has 136 valence electrons. The van der Waals surface area contributed by atoms with E-state index in [1.807, 2.05) is 18.2 Å². The van der Waals surface area contributed by atoms with E-state index >= 15 is 0 Å². The Morgan fingerprint density at radius 2 is 1.70 bits per heavy atom. The Morgan fingerprint density at radius 1 is 0.926 bits per heavy atom. The zero-order chi connectivity index (χ0) is 18.6. The predicted molar refractivity (Wildman–Crippen MR) is 100 cm³/mol. The van der Waals surface area contributed by atoms with Gasteiger partial charge in [-0.05, 0) is 36.4 Å². The lowest BCUT2D eigenvalue weighted by atomic mass is 10.1. The second-order valence-corrected chi connectivity index (χ2v) is 6.24. The molecule has 2 aromatic heterocycles. The topological polar surface area (TPSA) is 75.6 Å². The van der Waals surface area contributed by atoms with Crippen LogP contribution in [0, 0.1) is 0 Å². The number of anilines is 1. The van der Waals surface area contributed by atoms with Crippen molar-refractivity contribution in [2.75, 3.05) is 31.1 Å². The lowest BCUT2D eigenvalue weighted by Gasteiger charge is -2.34. The normalized spacial score (nSPS) is 14.9. The molecule has 0 amide bonds. The first-order valence-electron chi connectivity index (χ1n) is 8.72. The van der Waals surface area contributed by atoms with Gasteiger partial charge in [-0.1, -0.05) is 6.07 Å². The third-order valence-corrected chi connectivity index (χ3v) is 4.53. The molecular weight excluding hydrogens is 344 g/mol. The van der Waals surface area contributed by atoms with Crippen molar-refractivity contribution in [3.8, 4) is 0 Å². The van der Waals surface area contributed by atoms with Crippen molar-refractivity contribution in [1.82, 2.24) is 15.0 Å². The molecule has 1 aliphatic rings. The molecule has 4 rings (SSSR count). The van der Waals surface area contributed by atoms with E-state index in [1.54, 1.807) is 47.9 Å². The molecule has 0 spiro atoms. The molecule has 0 aliphatic carbocycles. The van der Waals surface area contributed by atoms with Crippen molar-refractivity contribution < 1.29 is 14.4 Å². The van der Waals surface area contributed by atoms with Crippen LogP contribution in [0.1, 0.15) is 10.4 Å². The summed E-state index contributed by atoms with van der Waals surface area (Å²) in [6.45, 7) is 2.46. The monoisotopic (exact) mass is 362 g/mol. The smallest absolute Gasteiger partial charge is 0.369 e. The van der Waals surface area contributed by atoms with E-state index in [4.69, 9.17) is 4.84 Å². The van der Waals surface area contributed by atoms with Crippen LogP contribution >= 0.6 is 0 Å². The summed E-state index contributed by atoms with van der Waals surface area (Å²) in [7, 11) is 0. The number of piperazine rings is 1. The van der Waals surface area contributed by atoms with Crippen LogP contribution in [0.5, 0.6) is 0 Å². The largest absolute Gasteiger partial charge is 0.398 e. The standard InChI is InChI=1S/C20H18N4O3/c25-19(16-3-4-18-15(14-16)2-1-7-22-18)20(26)27-24-12-10-23(11-13-24)17-5-8-21-9-6-17/h1-9,14H,10-13H2. The highest BCUT2D eigenvalue weighted by molar-refractivity contribution is 6.40. The van der Waals surface area contributed by atoms with Crippen LogP contribution in [0.4, 0.5) is 5.69 Å². The molecule has 0 N–H and O–H groups in total.